The van der Waals surface area contributed by atoms with Crippen LogP contribution in [-0.2, 0) is 4.74 Å². The third-order valence-corrected chi connectivity index (χ3v) is 2.92. The number of halogens is 3. The molecule has 0 saturated carbocycles. The Labute approximate surface area is 116 Å². The Kier molecular flexibility index (Phi) is 6.98. The average Bonchev–Trinajstić information content (AvgIpc) is 2.38. The fourth-order valence-corrected chi connectivity index (χ4v) is 2.05. The van der Waals surface area contributed by atoms with Crippen molar-refractivity contribution in [1.29, 1.82) is 0 Å². The molecule has 0 aliphatic carbocycles. The first-order chi connectivity index (χ1) is 9.46. The molecule has 2 atom stereocenters. The maximum atomic E-state index is 12.7. The zero-order chi connectivity index (χ0) is 15.0. The molecule has 0 heterocycles. The predicted molar refractivity (Wildman–Crippen MR) is 70.4 cm³/mol. The second-order valence-corrected chi connectivity index (χ2v) is 4.61. The van der Waals surface area contributed by atoms with Gasteiger partial charge >= 0.3 is 6.18 Å². The van der Waals surface area contributed by atoms with Crippen molar-refractivity contribution >= 4 is 0 Å². The Bertz CT molecular complexity index is 364. The number of alkyl halides is 3. The Morgan fingerprint density at radius 3 is 2.40 bits per heavy atom. The van der Waals surface area contributed by atoms with Crippen molar-refractivity contribution in [3.05, 3.63) is 35.9 Å². The van der Waals surface area contributed by atoms with Gasteiger partial charge in [-0.15, -0.1) is 0 Å². The molecule has 0 aliphatic heterocycles. The van der Waals surface area contributed by atoms with E-state index in [1.807, 2.05) is 0 Å². The molecular formula is C14H20F3NO2. The third kappa shape index (κ3) is 6.36. The van der Waals surface area contributed by atoms with Crippen molar-refractivity contribution in [2.45, 2.75) is 31.1 Å². The summed E-state index contributed by atoms with van der Waals surface area (Å²) < 4.78 is 43.0. The summed E-state index contributed by atoms with van der Waals surface area (Å²) in [6, 6.07) is 7.32. The van der Waals surface area contributed by atoms with Crippen LogP contribution in [0.2, 0.25) is 0 Å². The normalized spacial score (nSPS) is 15.1. The van der Waals surface area contributed by atoms with Gasteiger partial charge in [0, 0.05) is 25.8 Å². The molecule has 20 heavy (non-hydrogen) atoms. The van der Waals surface area contributed by atoms with E-state index in [4.69, 9.17) is 9.84 Å². The van der Waals surface area contributed by atoms with E-state index in [2.05, 4.69) is 5.32 Å². The number of methoxy groups -OCH3 is 1. The first kappa shape index (κ1) is 16.9. The van der Waals surface area contributed by atoms with Gasteiger partial charge in [0.1, 0.15) is 0 Å². The topological polar surface area (TPSA) is 41.5 Å². The Morgan fingerprint density at radius 1 is 1.25 bits per heavy atom. The van der Waals surface area contributed by atoms with Crippen LogP contribution in [0.5, 0.6) is 0 Å². The molecule has 2 N–H and O–H groups in total. The molecule has 0 saturated heterocycles. The Hall–Kier alpha value is -1.11. The summed E-state index contributed by atoms with van der Waals surface area (Å²) >= 11 is 0. The van der Waals surface area contributed by atoms with Crippen LogP contribution in [0.3, 0.4) is 0 Å². The third-order valence-electron chi connectivity index (χ3n) is 2.92. The summed E-state index contributed by atoms with van der Waals surface area (Å²) in [4.78, 5) is 0. The molecule has 1 aromatic carbocycles. The quantitative estimate of drug-likeness (QED) is 0.773. The summed E-state index contributed by atoms with van der Waals surface area (Å²) in [5.41, 5.74) is 0.573. The van der Waals surface area contributed by atoms with E-state index in [0.717, 1.165) is 0 Å². The van der Waals surface area contributed by atoms with E-state index in [0.29, 0.717) is 12.0 Å². The zero-order valence-electron chi connectivity index (χ0n) is 11.4. The van der Waals surface area contributed by atoms with Gasteiger partial charge in [-0.05, 0) is 12.0 Å². The van der Waals surface area contributed by atoms with Gasteiger partial charge in [-0.3, -0.25) is 0 Å². The molecule has 1 rings (SSSR count). The van der Waals surface area contributed by atoms with E-state index < -0.39 is 18.6 Å². The van der Waals surface area contributed by atoms with Crippen molar-refractivity contribution in [3.63, 3.8) is 0 Å². The molecule has 0 aromatic heterocycles. The van der Waals surface area contributed by atoms with Crippen LogP contribution in [0, 0.1) is 0 Å². The molecule has 2 unspecified atom stereocenters. The summed E-state index contributed by atoms with van der Waals surface area (Å²) in [6.45, 7) is 0.149. The number of aliphatic hydroxyl groups excluding tert-OH is 1. The van der Waals surface area contributed by atoms with Crippen molar-refractivity contribution in [1.82, 2.24) is 5.32 Å². The lowest BCUT2D eigenvalue weighted by molar-refractivity contribution is -0.141. The number of nitrogens with one attached hydrogen (secondary N) is 1. The lowest BCUT2D eigenvalue weighted by Gasteiger charge is -2.26. The van der Waals surface area contributed by atoms with Crippen LogP contribution in [0.4, 0.5) is 13.2 Å². The van der Waals surface area contributed by atoms with Gasteiger partial charge in [-0.25, -0.2) is 0 Å². The fourth-order valence-electron chi connectivity index (χ4n) is 2.05. The van der Waals surface area contributed by atoms with Crippen molar-refractivity contribution < 1.29 is 23.0 Å². The zero-order valence-corrected chi connectivity index (χ0v) is 11.4. The monoisotopic (exact) mass is 291 g/mol. The summed E-state index contributed by atoms with van der Waals surface area (Å²) in [6.07, 6.45) is -4.87. The standard InChI is InChI=1S/C14H20F3NO2/c1-20-10-12(7-8-19)18-13(9-14(15,16)17)11-5-3-2-4-6-11/h2-6,12-13,18-19H,7-10H2,1H3. The smallest absolute Gasteiger partial charge is 0.390 e. The number of rotatable bonds is 8. The van der Waals surface area contributed by atoms with Gasteiger partial charge in [-0.2, -0.15) is 13.2 Å². The Morgan fingerprint density at radius 2 is 1.90 bits per heavy atom. The van der Waals surface area contributed by atoms with E-state index >= 15 is 0 Å². The average molecular weight is 291 g/mol. The molecule has 3 nitrogen and oxygen atoms in total. The number of aliphatic hydroxyl groups is 1. The van der Waals surface area contributed by atoms with Crippen molar-refractivity contribution in [2.24, 2.45) is 0 Å². The summed E-state index contributed by atoms with van der Waals surface area (Å²) in [5.74, 6) is 0. The van der Waals surface area contributed by atoms with Gasteiger partial charge < -0.3 is 15.2 Å². The van der Waals surface area contributed by atoms with Crippen LogP contribution in [0.1, 0.15) is 24.4 Å². The summed E-state index contributed by atoms with van der Waals surface area (Å²) in [7, 11) is 1.48. The molecule has 6 heteroatoms. The van der Waals surface area contributed by atoms with Crippen LogP contribution >= 0.6 is 0 Å². The molecule has 114 valence electrons. The van der Waals surface area contributed by atoms with Gasteiger partial charge in [-0.1, -0.05) is 30.3 Å². The van der Waals surface area contributed by atoms with E-state index in [9.17, 15) is 13.2 Å². The van der Waals surface area contributed by atoms with Crippen LogP contribution in [0.25, 0.3) is 0 Å². The molecular weight excluding hydrogens is 271 g/mol. The highest BCUT2D eigenvalue weighted by Crippen LogP contribution is 2.30. The van der Waals surface area contributed by atoms with Gasteiger partial charge in [0.25, 0.3) is 0 Å². The van der Waals surface area contributed by atoms with Crippen LogP contribution in [0.15, 0.2) is 30.3 Å². The van der Waals surface area contributed by atoms with Crippen molar-refractivity contribution in [2.75, 3.05) is 20.3 Å². The van der Waals surface area contributed by atoms with Crippen LogP contribution in [-0.4, -0.2) is 37.6 Å². The molecule has 0 spiro atoms. The Balaban J connectivity index is 2.81. The minimum atomic E-state index is -4.26. The van der Waals surface area contributed by atoms with Gasteiger partial charge in [0.15, 0.2) is 0 Å². The number of ether oxygens (including phenoxy) is 1. The second-order valence-electron chi connectivity index (χ2n) is 4.61. The van der Waals surface area contributed by atoms with Gasteiger partial charge in [0.2, 0.25) is 0 Å². The van der Waals surface area contributed by atoms with E-state index in [1.165, 1.54) is 7.11 Å². The van der Waals surface area contributed by atoms with E-state index in [-0.39, 0.29) is 19.3 Å². The SMILES string of the molecule is COCC(CCO)NC(CC(F)(F)F)c1ccccc1. The molecule has 0 bridgehead atoms. The maximum Gasteiger partial charge on any atom is 0.390 e. The lowest BCUT2D eigenvalue weighted by atomic mass is 10.0. The minimum absolute atomic E-state index is 0.103. The molecule has 0 amide bonds. The summed E-state index contributed by atoms with van der Waals surface area (Å²) in [5, 5.41) is 11.9. The number of hydrogen-bond donors (Lipinski definition) is 2. The predicted octanol–water partition coefficient (Wildman–Crippen LogP) is 2.67. The van der Waals surface area contributed by atoms with E-state index in [1.54, 1.807) is 30.3 Å². The highest BCUT2D eigenvalue weighted by molar-refractivity contribution is 5.19. The highest BCUT2D eigenvalue weighted by Gasteiger charge is 2.33. The van der Waals surface area contributed by atoms with Gasteiger partial charge in [0.05, 0.1) is 13.0 Å². The fraction of sp³-hybridized carbons (Fsp3) is 0.571. The number of benzene rings is 1. The molecule has 0 radical (unpaired) electrons. The minimum Gasteiger partial charge on any atom is -0.396 e. The maximum absolute atomic E-state index is 12.7. The first-order valence-electron chi connectivity index (χ1n) is 6.44. The largest absolute Gasteiger partial charge is 0.396 e. The molecule has 0 aliphatic rings. The van der Waals surface area contributed by atoms with Crippen LogP contribution < -0.4 is 5.32 Å². The second kappa shape index (κ2) is 8.24. The molecule has 0 fully saturated rings. The first-order valence-corrected chi connectivity index (χ1v) is 6.44. The highest BCUT2D eigenvalue weighted by atomic mass is 19.4. The lowest BCUT2D eigenvalue weighted by Crippen LogP contribution is -2.38. The van der Waals surface area contributed by atoms with Crippen molar-refractivity contribution in [3.8, 4) is 0 Å². The molecule has 1 aromatic rings. The number of hydrogen-bond acceptors (Lipinski definition) is 3.